The van der Waals surface area contributed by atoms with Crippen molar-refractivity contribution in [3.8, 4) is 0 Å². The molecule has 1 heteroatoms. The number of hydrogen-bond acceptors (Lipinski definition) is 1. The highest BCUT2D eigenvalue weighted by Crippen LogP contribution is 2.43. The third kappa shape index (κ3) is 4.23. The fourth-order valence-corrected chi connectivity index (χ4v) is 4.69. The number of nitrogens with one attached hydrogen (secondary N) is 1. The van der Waals surface area contributed by atoms with Gasteiger partial charge in [0.15, 0.2) is 0 Å². The van der Waals surface area contributed by atoms with Crippen LogP contribution in [0.2, 0.25) is 0 Å². The Balaban J connectivity index is 1.90. The minimum Gasteiger partial charge on any atom is -0.314 e. The van der Waals surface area contributed by atoms with Crippen LogP contribution in [0.25, 0.3) is 0 Å². The molecular formula is C19H37N. The first-order valence-corrected chi connectivity index (χ1v) is 9.29. The van der Waals surface area contributed by atoms with Crippen molar-refractivity contribution in [2.24, 2.45) is 23.2 Å². The summed E-state index contributed by atoms with van der Waals surface area (Å²) in [4.78, 5) is 0. The molecule has 2 saturated carbocycles. The van der Waals surface area contributed by atoms with Crippen LogP contribution in [0.5, 0.6) is 0 Å². The van der Waals surface area contributed by atoms with Crippen molar-refractivity contribution in [1.29, 1.82) is 0 Å². The van der Waals surface area contributed by atoms with E-state index >= 15 is 0 Å². The quantitative estimate of drug-likeness (QED) is 0.710. The summed E-state index contributed by atoms with van der Waals surface area (Å²) >= 11 is 0. The lowest BCUT2D eigenvalue weighted by Crippen LogP contribution is -2.45. The SMILES string of the molecule is CCNC(C1CCC(CC)CC1)C1CCC(C)(C)CC1. The molecule has 1 atom stereocenters. The van der Waals surface area contributed by atoms with Gasteiger partial charge >= 0.3 is 0 Å². The van der Waals surface area contributed by atoms with Crippen LogP contribution in [0.3, 0.4) is 0 Å². The molecule has 1 N–H and O–H groups in total. The molecule has 118 valence electrons. The molecular weight excluding hydrogens is 242 g/mol. The molecule has 0 aromatic heterocycles. The van der Waals surface area contributed by atoms with Gasteiger partial charge in [0, 0.05) is 6.04 Å². The van der Waals surface area contributed by atoms with Crippen molar-refractivity contribution in [1.82, 2.24) is 5.32 Å². The lowest BCUT2D eigenvalue weighted by Gasteiger charge is -2.43. The molecule has 2 fully saturated rings. The fourth-order valence-electron chi connectivity index (χ4n) is 4.69. The second kappa shape index (κ2) is 7.29. The smallest absolute Gasteiger partial charge is 0.0123 e. The van der Waals surface area contributed by atoms with Gasteiger partial charge in [-0.15, -0.1) is 0 Å². The normalized spacial score (nSPS) is 33.0. The van der Waals surface area contributed by atoms with Crippen LogP contribution in [-0.4, -0.2) is 12.6 Å². The molecule has 0 aromatic rings. The first kappa shape index (κ1) is 16.3. The zero-order chi connectivity index (χ0) is 14.6. The third-order valence-corrected chi connectivity index (χ3v) is 6.31. The van der Waals surface area contributed by atoms with Crippen LogP contribution in [0.15, 0.2) is 0 Å². The molecule has 0 heterocycles. The highest BCUT2D eigenvalue weighted by Gasteiger charge is 2.35. The van der Waals surface area contributed by atoms with Gasteiger partial charge in [-0.2, -0.15) is 0 Å². The largest absolute Gasteiger partial charge is 0.314 e. The van der Waals surface area contributed by atoms with E-state index < -0.39 is 0 Å². The van der Waals surface area contributed by atoms with E-state index in [1.54, 1.807) is 0 Å². The van der Waals surface area contributed by atoms with Crippen molar-refractivity contribution in [2.45, 2.75) is 91.5 Å². The molecule has 0 saturated heterocycles. The van der Waals surface area contributed by atoms with E-state index in [0.717, 1.165) is 30.3 Å². The lowest BCUT2D eigenvalue weighted by atomic mass is 9.66. The second-order valence-corrected chi connectivity index (χ2v) is 8.27. The Kier molecular flexibility index (Phi) is 5.95. The molecule has 2 aliphatic carbocycles. The molecule has 0 aromatic carbocycles. The lowest BCUT2D eigenvalue weighted by molar-refractivity contribution is 0.113. The van der Waals surface area contributed by atoms with Gasteiger partial charge in [0.2, 0.25) is 0 Å². The van der Waals surface area contributed by atoms with Crippen LogP contribution in [0.4, 0.5) is 0 Å². The average Bonchev–Trinajstić information content (AvgIpc) is 2.45. The second-order valence-electron chi connectivity index (χ2n) is 8.27. The van der Waals surface area contributed by atoms with Gasteiger partial charge in [-0.3, -0.25) is 0 Å². The molecule has 1 unspecified atom stereocenters. The van der Waals surface area contributed by atoms with Gasteiger partial charge < -0.3 is 5.32 Å². The monoisotopic (exact) mass is 279 g/mol. The van der Waals surface area contributed by atoms with Gasteiger partial charge in [-0.25, -0.2) is 0 Å². The summed E-state index contributed by atoms with van der Waals surface area (Å²) in [6.07, 6.45) is 13.1. The number of hydrogen-bond donors (Lipinski definition) is 1. The average molecular weight is 280 g/mol. The fraction of sp³-hybridized carbons (Fsp3) is 1.00. The summed E-state index contributed by atoms with van der Waals surface area (Å²) in [6.45, 7) is 10.7. The maximum atomic E-state index is 3.88. The standard InChI is InChI=1S/C19H37N/c1-5-15-7-9-16(10-8-15)18(20-6-2)17-11-13-19(3,4)14-12-17/h15-18,20H,5-14H2,1-4H3. The predicted octanol–water partition coefficient (Wildman–Crippen LogP) is 5.40. The molecule has 20 heavy (non-hydrogen) atoms. The van der Waals surface area contributed by atoms with Gasteiger partial charge in [-0.05, 0) is 68.2 Å². The molecule has 0 amide bonds. The molecule has 0 radical (unpaired) electrons. The van der Waals surface area contributed by atoms with Crippen LogP contribution < -0.4 is 5.32 Å². The van der Waals surface area contributed by atoms with Crippen LogP contribution >= 0.6 is 0 Å². The van der Waals surface area contributed by atoms with Gasteiger partial charge in [0.1, 0.15) is 0 Å². The highest BCUT2D eigenvalue weighted by atomic mass is 14.9. The van der Waals surface area contributed by atoms with Gasteiger partial charge in [0.25, 0.3) is 0 Å². The minimum absolute atomic E-state index is 0.604. The van der Waals surface area contributed by atoms with Gasteiger partial charge in [-0.1, -0.05) is 47.0 Å². The van der Waals surface area contributed by atoms with Gasteiger partial charge in [0.05, 0.1) is 0 Å². The Hall–Kier alpha value is -0.0400. The molecule has 2 rings (SSSR count). The molecule has 0 spiro atoms. The van der Waals surface area contributed by atoms with Crippen LogP contribution in [-0.2, 0) is 0 Å². The van der Waals surface area contributed by atoms with Crippen LogP contribution in [0.1, 0.15) is 85.5 Å². The first-order valence-electron chi connectivity index (χ1n) is 9.29. The van der Waals surface area contributed by atoms with Crippen molar-refractivity contribution in [2.75, 3.05) is 6.54 Å². The summed E-state index contributed by atoms with van der Waals surface area (Å²) in [5, 5.41) is 3.88. The summed E-state index contributed by atoms with van der Waals surface area (Å²) in [7, 11) is 0. The maximum absolute atomic E-state index is 3.88. The maximum Gasteiger partial charge on any atom is 0.0123 e. The van der Waals surface area contributed by atoms with E-state index in [1.165, 1.54) is 57.8 Å². The van der Waals surface area contributed by atoms with E-state index in [0.29, 0.717) is 5.41 Å². The van der Waals surface area contributed by atoms with Crippen molar-refractivity contribution in [3.05, 3.63) is 0 Å². The van der Waals surface area contributed by atoms with E-state index in [9.17, 15) is 0 Å². The summed E-state index contributed by atoms with van der Waals surface area (Å²) in [5.41, 5.74) is 0.604. The van der Waals surface area contributed by atoms with E-state index in [-0.39, 0.29) is 0 Å². The summed E-state index contributed by atoms with van der Waals surface area (Å²) < 4.78 is 0. The zero-order valence-corrected chi connectivity index (χ0v) is 14.4. The number of rotatable bonds is 5. The Morgan fingerprint density at radius 3 is 1.95 bits per heavy atom. The molecule has 1 nitrogen and oxygen atoms in total. The highest BCUT2D eigenvalue weighted by molar-refractivity contribution is 4.90. The molecule has 0 aliphatic heterocycles. The summed E-state index contributed by atoms with van der Waals surface area (Å²) in [6, 6.07) is 0.814. The zero-order valence-electron chi connectivity index (χ0n) is 14.4. The minimum atomic E-state index is 0.604. The third-order valence-electron chi connectivity index (χ3n) is 6.31. The summed E-state index contributed by atoms with van der Waals surface area (Å²) in [5.74, 6) is 2.94. The van der Waals surface area contributed by atoms with E-state index in [1.807, 2.05) is 0 Å². The Bertz CT molecular complexity index is 265. The Morgan fingerprint density at radius 2 is 1.45 bits per heavy atom. The Labute approximate surface area is 127 Å². The predicted molar refractivity (Wildman–Crippen MR) is 88.9 cm³/mol. The van der Waals surface area contributed by atoms with Crippen molar-refractivity contribution >= 4 is 0 Å². The molecule has 0 bridgehead atoms. The van der Waals surface area contributed by atoms with Crippen LogP contribution in [0, 0.1) is 23.2 Å². The van der Waals surface area contributed by atoms with Crippen molar-refractivity contribution in [3.63, 3.8) is 0 Å². The van der Waals surface area contributed by atoms with Crippen molar-refractivity contribution < 1.29 is 0 Å². The Morgan fingerprint density at radius 1 is 0.900 bits per heavy atom. The topological polar surface area (TPSA) is 12.0 Å². The van der Waals surface area contributed by atoms with E-state index in [4.69, 9.17) is 0 Å². The molecule has 2 aliphatic rings. The first-order chi connectivity index (χ1) is 9.55. The van der Waals surface area contributed by atoms with E-state index in [2.05, 4.69) is 33.0 Å².